The molecule has 0 saturated heterocycles. The van der Waals surface area contributed by atoms with E-state index in [-0.39, 0.29) is 0 Å². The Morgan fingerprint density at radius 2 is 0.520 bits per heavy atom. The largest absolute Gasteiger partial charge is 0.310 e. The molecule has 0 heterocycles. The van der Waals surface area contributed by atoms with Crippen molar-refractivity contribution in [2.45, 2.75) is 10.8 Å². The second-order valence-corrected chi connectivity index (χ2v) is 19.9. The third-order valence-electron chi connectivity index (χ3n) is 16.1. The average Bonchev–Trinajstić information content (AvgIpc) is 4.06. The van der Waals surface area contributed by atoms with Gasteiger partial charge in [0.15, 0.2) is 0 Å². The van der Waals surface area contributed by atoms with Crippen LogP contribution in [0, 0.1) is 0 Å². The highest BCUT2D eigenvalue weighted by atomic mass is 15.1. The second kappa shape index (κ2) is 18.2. The van der Waals surface area contributed by atoms with Gasteiger partial charge in [-0.15, -0.1) is 0 Å². The zero-order valence-corrected chi connectivity index (χ0v) is 41.4. The van der Waals surface area contributed by atoms with Gasteiger partial charge >= 0.3 is 0 Å². The third kappa shape index (κ3) is 7.00. The van der Waals surface area contributed by atoms with Gasteiger partial charge in [0.1, 0.15) is 0 Å². The summed E-state index contributed by atoms with van der Waals surface area (Å²) in [6, 6.07) is 114. The molecule has 1 heteroatoms. The zero-order valence-electron chi connectivity index (χ0n) is 41.4. The first-order chi connectivity index (χ1) is 37.2. The summed E-state index contributed by atoms with van der Waals surface area (Å²) in [5.41, 5.74) is 24.8. The van der Waals surface area contributed by atoms with Crippen molar-refractivity contribution < 1.29 is 0 Å². The highest BCUT2D eigenvalue weighted by Crippen LogP contribution is 2.59. The van der Waals surface area contributed by atoms with Crippen molar-refractivity contribution in [2.24, 2.45) is 0 Å². The number of nitrogens with zero attached hydrogens (tertiary/aromatic N) is 1. The first-order valence-electron chi connectivity index (χ1n) is 26.1. The molecule has 2 aliphatic carbocycles. The molecule has 0 aliphatic heterocycles. The summed E-state index contributed by atoms with van der Waals surface area (Å²) in [5, 5.41) is 0. The molecule has 75 heavy (non-hydrogen) atoms. The fraction of sp³-hybridized carbons (Fsp3) is 0.0270. The minimum Gasteiger partial charge on any atom is -0.310 e. The molecule has 12 aromatic rings. The van der Waals surface area contributed by atoms with Crippen molar-refractivity contribution in [3.8, 4) is 55.6 Å². The van der Waals surface area contributed by atoms with E-state index < -0.39 is 10.8 Å². The minimum absolute atomic E-state index is 0.472. The van der Waals surface area contributed by atoms with Crippen LogP contribution in [0.2, 0.25) is 0 Å². The maximum Gasteiger partial charge on any atom is 0.0713 e. The Bertz CT molecular complexity index is 3940. The molecule has 14 rings (SSSR count). The van der Waals surface area contributed by atoms with Crippen molar-refractivity contribution >= 4 is 17.1 Å². The predicted molar refractivity (Wildman–Crippen MR) is 312 cm³/mol. The van der Waals surface area contributed by atoms with Gasteiger partial charge in [-0.3, -0.25) is 0 Å². The number of anilines is 3. The summed E-state index contributed by atoms with van der Waals surface area (Å²) in [5.74, 6) is 0. The van der Waals surface area contributed by atoms with Gasteiger partial charge in [-0.25, -0.2) is 0 Å². The Labute approximate surface area is 440 Å². The van der Waals surface area contributed by atoms with Crippen LogP contribution in [0.3, 0.4) is 0 Å². The van der Waals surface area contributed by atoms with Gasteiger partial charge in [-0.2, -0.15) is 0 Å². The van der Waals surface area contributed by atoms with E-state index in [9.17, 15) is 0 Å². The molecule has 0 N–H and O–H groups in total. The van der Waals surface area contributed by atoms with Crippen LogP contribution in [0.5, 0.6) is 0 Å². The van der Waals surface area contributed by atoms with Crippen molar-refractivity contribution in [3.63, 3.8) is 0 Å². The van der Waals surface area contributed by atoms with Crippen LogP contribution < -0.4 is 4.90 Å². The molecule has 0 saturated carbocycles. The van der Waals surface area contributed by atoms with E-state index in [1.54, 1.807) is 0 Å². The maximum atomic E-state index is 2.46. The standard InChI is InChI=1S/C74H51N/c1-6-22-53(23-7-1)63-32-16-17-33-64(63)54-40-45-61(46-41-54)75(62-47-49-71-68(51-62)66-35-19-21-37-70(66)73(71,56-24-8-2-9-25-56)57-26-10-3-11-27-57)60-43-38-52(39-44-60)55-42-48-67-65-34-18-20-36-69(65)74(72(67)50-55,58-28-12-4-13-29-58)59-30-14-5-15-31-59/h1-51H. The monoisotopic (exact) mass is 953 g/mol. The molecule has 0 amide bonds. The number of rotatable bonds is 10. The lowest BCUT2D eigenvalue weighted by molar-refractivity contribution is 0.768. The predicted octanol–water partition coefficient (Wildman–Crippen LogP) is 18.9. The fourth-order valence-corrected chi connectivity index (χ4v) is 12.8. The van der Waals surface area contributed by atoms with Crippen LogP contribution >= 0.6 is 0 Å². The highest BCUT2D eigenvalue weighted by molar-refractivity contribution is 5.92. The van der Waals surface area contributed by atoms with Crippen LogP contribution in [-0.4, -0.2) is 0 Å². The zero-order chi connectivity index (χ0) is 49.8. The molecule has 1 nitrogen and oxygen atoms in total. The Morgan fingerprint density at radius 3 is 1.01 bits per heavy atom. The van der Waals surface area contributed by atoms with Gasteiger partial charge in [0.25, 0.3) is 0 Å². The lowest BCUT2D eigenvalue weighted by Crippen LogP contribution is -2.28. The summed E-state index contributed by atoms with van der Waals surface area (Å²) in [6.07, 6.45) is 0. The van der Waals surface area contributed by atoms with E-state index in [4.69, 9.17) is 0 Å². The van der Waals surface area contributed by atoms with Gasteiger partial charge in [0.05, 0.1) is 10.8 Å². The van der Waals surface area contributed by atoms with Crippen LogP contribution in [-0.2, 0) is 10.8 Å². The van der Waals surface area contributed by atoms with Crippen molar-refractivity contribution in [3.05, 3.63) is 354 Å². The summed E-state index contributed by atoms with van der Waals surface area (Å²) in [4.78, 5) is 2.43. The molecular formula is C74H51N. The molecule has 0 unspecified atom stereocenters. The molecule has 2 aliphatic rings. The van der Waals surface area contributed by atoms with Crippen LogP contribution in [0.15, 0.2) is 309 Å². The number of fused-ring (bicyclic) bond motifs is 6. The van der Waals surface area contributed by atoms with Gasteiger partial charge in [0, 0.05) is 17.1 Å². The number of benzene rings is 12. The Hall–Kier alpha value is -9.56. The van der Waals surface area contributed by atoms with E-state index in [0.717, 1.165) is 17.1 Å². The normalized spacial score (nSPS) is 13.3. The second-order valence-electron chi connectivity index (χ2n) is 19.9. The average molecular weight is 954 g/mol. The molecule has 0 aromatic heterocycles. The Kier molecular flexibility index (Phi) is 10.7. The first kappa shape index (κ1) is 44.2. The summed E-state index contributed by atoms with van der Waals surface area (Å²) < 4.78 is 0. The van der Waals surface area contributed by atoms with E-state index in [0.29, 0.717) is 0 Å². The molecule has 0 atom stereocenters. The van der Waals surface area contributed by atoms with Gasteiger partial charge < -0.3 is 4.90 Å². The van der Waals surface area contributed by atoms with Gasteiger partial charge in [-0.05, 0) is 143 Å². The van der Waals surface area contributed by atoms with E-state index in [1.165, 1.54) is 100 Å². The van der Waals surface area contributed by atoms with E-state index >= 15 is 0 Å². The Morgan fingerprint density at radius 1 is 0.187 bits per heavy atom. The maximum absolute atomic E-state index is 2.46. The van der Waals surface area contributed by atoms with Crippen LogP contribution in [0.1, 0.15) is 44.5 Å². The minimum atomic E-state index is -0.483. The fourth-order valence-electron chi connectivity index (χ4n) is 12.8. The lowest BCUT2D eigenvalue weighted by Gasteiger charge is -2.34. The van der Waals surface area contributed by atoms with Gasteiger partial charge in [0.2, 0.25) is 0 Å². The van der Waals surface area contributed by atoms with Crippen molar-refractivity contribution in [1.82, 2.24) is 0 Å². The Balaban J connectivity index is 0.921. The molecule has 0 spiro atoms. The summed E-state index contributed by atoms with van der Waals surface area (Å²) >= 11 is 0. The SMILES string of the molecule is c1ccc(-c2ccccc2-c2ccc(N(c3ccc(-c4ccc5c(c4)C(c4ccccc4)(c4ccccc4)c4ccccc4-5)cc3)c3ccc4c(c3)-c3ccccc3C4(c3ccccc3)c3ccccc3)cc2)cc1. The molecule has 0 fully saturated rings. The molecular weight excluding hydrogens is 903 g/mol. The van der Waals surface area contributed by atoms with E-state index in [2.05, 4.69) is 314 Å². The summed E-state index contributed by atoms with van der Waals surface area (Å²) in [6.45, 7) is 0. The molecule has 352 valence electrons. The van der Waals surface area contributed by atoms with Crippen LogP contribution in [0.25, 0.3) is 55.6 Å². The summed E-state index contributed by atoms with van der Waals surface area (Å²) in [7, 11) is 0. The topological polar surface area (TPSA) is 3.24 Å². The lowest BCUT2D eigenvalue weighted by atomic mass is 9.67. The number of hydrogen-bond donors (Lipinski definition) is 0. The highest BCUT2D eigenvalue weighted by Gasteiger charge is 2.47. The number of hydrogen-bond acceptors (Lipinski definition) is 1. The van der Waals surface area contributed by atoms with Crippen molar-refractivity contribution in [2.75, 3.05) is 4.90 Å². The van der Waals surface area contributed by atoms with Crippen molar-refractivity contribution in [1.29, 1.82) is 0 Å². The molecule has 0 radical (unpaired) electrons. The van der Waals surface area contributed by atoms with Gasteiger partial charge in [-0.1, -0.05) is 267 Å². The smallest absolute Gasteiger partial charge is 0.0713 e. The quantitative estimate of drug-likeness (QED) is 0.132. The molecule has 12 aromatic carbocycles. The van der Waals surface area contributed by atoms with E-state index in [1.807, 2.05) is 0 Å². The third-order valence-corrected chi connectivity index (χ3v) is 16.1. The molecule has 0 bridgehead atoms. The first-order valence-corrected chi connectivity index (χ1v) is 26.1. The van der Waals surface area contributed by atoms with Crippen LogP contribution in [0.4, 0.5) is 17.1 Å².